The molecular formula is C12H24O4S. The number of sulfone groups is 1. The Labute approximate surface area is 105 Å². The van der Waals surface area contributed by atoms with Gasteiger partial charge in [0.25, 0.3) is 0 Å². The van der Waals surface area contributed by atoms with E-state index in [-0.39, 0.29) is 5.57 Å². The monoisotopic (exact) mass is 264 g/mol. The maximum atomic E-state index is 11.7. The van der Waals surface area contributed by atoms with Gasteiger partial charge in [0.15, 0.2) is 9.84 Å². The van der Waals surface area contributed by atoms with Crippen LogP contribution in [-0.2, 0) is 14.6 Å². The molecular weight excluding hydrogens is 240 g/mol. The summed E-state index contributed by atoms with van der Waals surface area (Å²) in [5, 5.41) is 7.89. The summed E-state index contributed by atoms with van der Waals surface area (Å²) >= 11 is 0. The average molecular weight is 264 g/mol. The Kier molecular flexibility index (Phi) is 6.17. The highest BCUT2D eigenvalue weighted by molar-refractivity contribution is 7.94. The lowest BCUT2D eigenvalue weighted by molar-refractivity contribution is -0.132. The van der Waals surface area contributed by atoms with Crippen molar-refractivity contribution in [1.29, 1.82) is 0 Å². The summed E-state index contributed by atoms with van der Waals surface area (Å²) in [6.07, 6.45) is 0. The predicted octanol–water partition coefficient (Wildman–Crippen LogP) is 2.65. The molecule has 0 rings (SSSR count). The zero-order chi connectivity index (χ0) is 14.7. The molecule has 0 aromatic carbocycles. The first kappa shape index (κ1) is 18.5. The number of carboxylic acids is 1. The van der Waals surface area contributed by atoms with E-state index in [0.29, 0.717) is 0 Å². The highest BCUT2D eigenvalue weighted by Gasteiger charge is 2.39. The van der Waals surface area contributed by atoms with Crippen LogP contribution in [0.2, 0.25) is 0 Å². The fraction of sp³-hybridized carbons (Fsp3) is 0.750. The Bertz CT molecular complexity index is 346. The largest absolute Gasteiger partial charge is 0.478 e. The number of hydrogen-bond donors (Lipinski definition) is 1. The molecule has 0 aromatic rings. The topological polar surface area (TPSA) is 71.4 Å². The molecule has 0 bridgehead atoms. The number of hydrogen-bond acceptors (Lipinski definition) is 3. The quantitative estimate of drug-likeness (QED) is 0.739. The van der Waals surface area contributed by atoms with Crippen LogP contribution in [-0.4, -0.2) is 29.0 Å². The zero-order valence-electron chi connectivity index (χ0n) is 11.8. The smallest absolute Gasteiger partial charge is 0.330 e. The molecule has 0 unspecified atom stereocenters. The summed E-state index contributed by atoms with van der Waals surface area (Å²) in [5.41, 5.74) is 0.176. The van der Waals surface area contributed by atoms with Crippen molar-refractivity contribution >= 4 is 15.8 Å². The van der Waals surface area contributed by atoms with Gasteiger partial charge in [-0.2, -0.15) is 0 Å². The van der Waals surface area contributed by atoms with E-state index in [1.807, 2.05) is 0 Å². The third-order valence-electron chi connectivity index (χ3n) is 1.98. The van der Waals surface area contributed by atoms with Crippen LogP contribution in [0.3, 0.4) is 0 Å². The van der Waals surface area contributed by atoms with Crippen LogP contribution in [0.15, 0.2) is 12.2 Å². The van der Waals surface area contributed by atoms with Gasteiger partial charge >= 0.3 is 5.97 Å². The molecule has 0 aliphatic heterocycles. The van der Waals surface area contributed by atoms with E-state index in [2.05, 4.69) is 6.58 Å². The van der Waals surface area contributed by atoms with Crippen LogP contribution in [0.1, 0.15) is 48.5 Å². The van der Waals surface area contributed by atoms with Gasteiger partial charge in [-0.25, -0.2) is 13.2 Å². The lowest BCUT2D eigenvalue weighted by Crippen LogP contribution is -2.41. The van der Waals surface area contributed by atoms with Crippen molar-refractivity contribution < 1.29 is 18.3 Å². The molecule has 0 aliphatic carbocycles. The minimum absolute atomic E-state index is 0.176. The van der Waals surface area contributed by atoms with Crippen LogP contribution >= 0.6 is 0 Å². The molecule has 0 atom stereocenters. The molecule has 0 saturated carbocycles. The summed E-state index contributed by atoms with van der Waals surface area (Å²) < 4.78 is 22.1. The number of carbonyl (C=O) groups is 1. The first-order chi connectivity index (χ1) is 7.14. The lowest BCUT2D eigenvalue weighted by Gasteiger charge is -2.29. The summed E-state index contributed by atoms with van der Waals surface area (Å²) in [4.78, 5) is 9.60. The molecule has 102 valence electrons. The summed E-state index contributed by atoms with van der Waals surface area (Å²) in [6, 6.07) is 0. The minimum Gasteiger partial charge on any atom is -0.478 e. The number of carboxylic acid groups (broad SMARTS) is 1. The van der Waals surface area contributed by atoms with Gasteiger partial charge in [0.05, 0.1) is 9.49 Å². The summed E-state index contributed by atoms with van der Waals surface area (Å²) in [5.74, 6) is -0.935. The highest BCUT2D eigenvalue weighted by Crippen LogP contribution is 2.27. The maximum Gasteiger partial charge on any atom is 0.330 e. The van der Waals surface area contributed by atoms with Gasteiger partial charge in [-0.15, -0.1) is 0 Å². The fourth-order valence-electron chi connectivity index (χ4n) is 0.919. The van der Waals surface area contributed by atoms with E-state index in [0.717, 1.165) is 0 Å². The van der Waals surface area contributed by atoms with Crippen molar-refractivity contribution in [3.63, 3.8) is 0 Å². The number of aliphatic carboxylic acids is 1. The molecule has 0 saturated heterocycles. The molecule has 0 aliphatic rings. The van der Waals surface area contributed by atoms with Crippen LogP contribution in [0.5, 0.6) is 0 Å². The summed E-state index contributed by atoms with van der Waals surface area (Å²) in [7, 11) is -3.01. The van der Waals surface area contributed by atoms with Crippen molar-refractivity contribution in [1.82, 2.24) is 0 Å². The van der Waals surface area contributed by atoms with E-state index >= 15 is 0 Å². The van der Waals surface area contributed by atoms with E-state index in [1.165, 1.54) is 6.92 Å². The molecule has 4 nitrogen and oxygen atoms in total. The Morgan fingerprint density at radius 3 is 1.18 bits per heavy atom. The average Bonchev–Trinajstić information content (AvgIpc) is 2.00. The van der Waals surface area contributed by atoms with Gasteiger partial charge < -0.3 is 5.11 Å². The van der Waals surface area contributed by atoms with Gasteiger partial charge in [0, 0.05) is 5.57 Å². The molecule has 5 heteroatoms. The van der Waals surface area contributed by atoms with Crippen molar-refractivity contribution in [3.05, 3.63) is 12.2 Å². The van der Waals surface area contributed by atoms with Gasteiger partial charge in [-0.1, -0.05) is 6.58 Å². The fourth-order valence-corrected chi connectivity index (χ4v) is 2.76. The SMILES string of the molecule is C=C(C)C(=O)O.CC(C)(C)S(=O)(=O)C(C)(C)C. The van der Waals surface area contributed by atoms with Crippen molar-refractivity contribution in [2.75, 3.05) is 0 Å². The van der Waals surface area contributed by atoms with E-state index in [9.17, 15) is 13.2 Å². The maximum absolute atomic E-state index is 11.7. The van der Waals surface area contributed by atoms with E-state index < -0.39 is 25.3 Å². The second kappa shape index (κ2) is 5.67. The molecule has 0 fully saturated rings. The van der Waals surface area contributed by atoms with Crippen LogP contribution in [0, 0.1) is 0 Å². The first-order valence-electron chi connectivity index (χ1n) is 5.27. The zero-order valence-corrected chi connectivity index (χ0v) is 12.6. The molecule has 17 heavy (non-hydrogen) atoms. The molecule has 0 radical (unpaired) electrons. The van der Waals surface area contributed by atoms with Gasteiger partial charge in [0.2, 0.25) is 0 Å². The van der Waals surface area contributed by atoms with Gasteiger partial charge in [0.1, 0.15) is 0 Å². The van der Waals surface area contributed by atoms with Crippen LogP contribution < -0.4 is 0 Å². The third-order valence-corrected chi connectivity index (χ3v) is 5.20. The van der Waals surface area contributed by atoms with Crippen molar-refractivity contribution in [2.45, 2.75) is 58.0 Å². The summed E-state index contributed by atoms with van der Waals surface area (Å²) in [6.45, 7) is 15.0. The van der Waals surface area contributed by atoms with Crippen LogP contribution in [0.25, 0.3) is 0 Å². The highest BCUT2D eigenvalue weighted by atomic mass is 32.2. The van der Waals surface area contributed by atoms with Gasteiger partial charge in [-0.3, -0.25) is 0 Å². The van der Waals surface area contributed by atoms with Crippen molar-refractivity contribution in [3.8, 4) is 0 Å². The molecule has 1 N–H and O–H groups in total. The third kappa shape index (κ3) is 5.86. The second-order valence-corrected chi connectivity index (χ2v) is 9.27. The Balaban J connectivity index is 0. The lowest BCUT2D eigenvalue weighted by atomic mass is 10.2. The first-order valence-corrected chi connectivity index (χ1v) is 6.76. The molecule has 0 spiro atoms. The Morgan fingerprint density at radius 2 is 1.18 bits per heavy atom. The predicted molar refractivity (Wildman–Crippen MR) is 70.9 cm³/mol. The van der Waals surface area contributed by atoms with E-state index in [4.69, 9.17) is 5.11 Å². The standard InChI is InChI=1S/C8H18O2S.C4H6O2/c1-7(2,3)11(9,10)8(4,5)6;1-3(2)4(5)6/h1-6H3;1H2,2H3,(H,5,6). The Hall–Kier alpha value is -0.840. The van der Waals surface area contributed by atoms with Crippen LogP contribution in [0.4, 0.5) is 0 Å². The minimum atomic E-state index is -3.01. The molecule has 0 aromatic heterocycles. The second-order valence-electron chi connectivity index (χ2n) is 5.81. The number of rotatable bonds is 1. The normalized spacial score (nSPS) is 12.4. The van der Waals surface area contributed by atoms with Crippen molar-refractivity contribution in [2.24, 2.45) is 0 Å². The molecule has 0 heterocycles. The van der Waals surface area contributed by atoms with E-state index in [1.54, 1.807) is 41.5 Å². The Morgan fingerprint density at radius 1 is 1.00 bits per heavy atom. The van der Waals surface area contributed by atoms with Gasteiger partial charge in [-0.05, 0) is 48.5 Å². The molecule has 0 amide bonds.